The molecule has 1 heterocycles. The third-order valence-electron chi connectivity index (χ3n) is 1.97. The molecule has 0 aliphatic carbocycles. The Balaban J connectivity index is 2.66. The lowest BCUT2D eigenvalue weighted by Crippen LogP contribution is -1.87. The molecule has 0 saturated carbocycles. The Morgan fingerprint density at radius 1 is 1.54 bits per heavy atom. The zero-order chi connectivity index (χ0) is 9.26. The van der Waals surface area contributed by atoms with Crippen molar-refractivity contribution in [2.75, 3.05) is 6.26 Å². The molecule has 0 radical (unpaired) electrons. The second-order valence-electron chi connectivity index (χ2n) is 2.79. The van der Waals surface area contributed by atoms with Gasteiger partial charge in [0.1, 0.15) is 5.82 Å². The van der Waals surface area contributed by atoms with Gasteiger partial charge in [-0.15, -0.1) is 0 Å². The molecule has 0 fully saturated rings. The maximum Gasteiger partial charge on any atom is 0.128 e. The van der Waals surface area contributed by atoms with Gasteiger partial charge in [0, 0.05) is 16.7 Å². The predicted octanol–water partition coefficient (Wildman–Crippen LogP) is 2.56. The number of H-pyrrole nitrogens is 1. The number of benzene rings is 1. The van der Waals surface area contributed by atoms with E-state index in [4.69, 9.17) is 0 Å². The molecule has 0 amide bonds. The number of nitrogens with one attached hydrogen (secondary N) is 1. The molecule has 68 valence electrons. The normalized spacial score (nSPS) is 10.9. The van der Waals surface area contributed by atoms with Crippen molar-refractivity contribution in [3.05, 3.63) is 29.7 Å². The van der Waals surface area contributed by atoms with E-state index in [1.807, 2.05) is 6.26 Å². The minimum absolute atomic E-state index is 0.150. The van der Waals surface area contributed by atoms with Crippen LogP contribution in [-0.2, 0) is 5.75 Å². The molecule has 2 nitrogen and oxygen atoms in total. The summed E-state index contributed by atoms with van der Waals surface area (Å²) in [6, 6.07) is 3.19. The highest BCUT2D eigenvalue weighted by atomic mass is 32.2. The van der Waals surface area contributed by atoms with E-state index >= 15 is 0 Å². The SMILES string of the molecule is CSCc1c(F)ccc2[nH]ncc12. The van der Waals surface area contributed by atoms with Gasteiger partial charge in [-0.05, 0) is 18.4 Å². The van der Waals surface area contributed by atoms with E-state index in [2.05, 4.69) is 10.2 Å². The fourth-order valence-corrected chi connectivity index (χ4v) is 1.92. The van der Waals surface area contributed by atoms with Crippen LogP contribution in [0.3, 0.4) is 0 Å². The zero-order valence-electron chi connectivity index (χ0n) is 7.17. The molecule has 0 atom stereocenters. The smallest absolute Gasteiger partial charge is 0.128 e. The first-order valence-corrected chi connectivity index (χ1v) is 5.31. The monoisotopic (exact) mass is 196 g/mol. The molecule has 1 N–H and O–H groups in total. The van der Waals surface area contributed by atoms with Crippen molar-refractivity contribution in [2.24, 2.45) is 0 Å². The standard InChI is InChI=1S/C9H9FN2S/c1-13-5-7-6-4-11-12-9(6)3-2-8(7)10/h2-4H,5H2,1H3,(H,11,12). The van der Waals surface area contributed by atoms with Crippen LogP contribution in [0.5, 0.6) is 0 Å². The van der Waals surface area contributed by atoms with Gasteiger partial charge >= 0.3 is 0 Å². The topological polar surface area (TPSA) is 28.7 Å². The summed E-state index contributed by atoms with van der Waals surface area (Å²) in [7, 11) is 0. The maximum absolute atomic E-state index is 13.3. The van der Waals surface area contributed by atoms with Crippen molar-refractivity contribution in [2.45, 2.75) is 5.75 Å². The number of fused-ring (bicyclic) bond motifs is 1. The number of aromatic nitrogens is 2. The highest BCUT2D eigenvalue weighted by Crippen LogP contribution is 2.22. The molecule has 0 aliphatic heterocycles. The number of thioether (sulfide) groups is 1. The van der Waals surface area contributed by atoms with Gasteiger partial charge in [-0.1, -0.05) is 0 Å². The Kier molecular flexibility index (Phi) is 2.22. The van der Waals surface area contributed by atoms with Crippen LogP contribution in [0.1, 0.15) is 5.56 Å². The van der Waals surface area contributed by atoms with Gasteiger partial charge in [-0.3, -0.25) is 5.10 Å². The van der Waals surface area contributed by atoms with Crippen LogP contribution < -0.4 is 0 Å². The summed E-state index contributed by atoms with van der Waals surface area (Å²) < 4.78 is 13.3. The lowest BCUT2D eigenvalue weighted by atomic mass is 10.1. The fourth-order valence-electron chi connectivity index (χ4n) is 1.34. The summed E-state index contributed by atoms with van der Waals surface area (Å²) in [5.41, 5.74) is 1.63. The Hall–Kier alpha value is -1.03. The number of hydrogen-bond acceptors (Lipinski definition) is 2. The van der Waals surface area contributed by atoms with Crippen molar-refractivity contribution < 1.29 is 4.39 Å². The minimum Gasteiger partial charge on any atom is -0.278 e. The summed E-state index contributed by atoms with van der Waals surface area (Å²) in [5, 5.41) is 7.59. The van der Waals surface area contributed by atoms with E-state index in [1.54, 1.807) is 24.0 Å². The van der Waals surface area contributed by atoms with Crippen LogP contribution >= 0.6 is 11.8 Å². The average Bonchev–Trinajstić information content (AvgIpc) is 2.58. The van der Waals surface area contributed by atoms with E-state index in [0.29, 0.717) is 5.75 Å². The predicted molar refractivity (Wildman–Crippen MR) is 53.3 cm³/mol. The van der Waals surface area contributed by atoms with Gasteiger partial charge in [0.2, 0.25) is 0 Å². The Labute approximate surface area is 79.5 Å². The Morgan fingerprint density at radius 2 is 2.38 bits per heavy atom. The van der Waals surface area contributed by atoms with Gasteiger partial charge in [0.05, 0.1) is 11.7 Å². The van der Waals surface area contributed by atoms with Gasteiger partial charge in [-0.2, -0.15) is 16.9 Å². The molecule has 0 aliphatic rings. The minimum atomic E-state index is -0.150. The lowest BCUT2D eigenvalue weighted by molar-refractivity contribution is 0.620. The largest absolute Gasteiger partial charge is 0.278 e. The van der Waals surface area contributed by atoms with Gasteiger partial charge in [0.15, 0.2) is 0 Å². The molecule has 4 heteroatoms. The summed E-state index contributed by atoms with van der Waals surface area (Å²) in [6.45, 7) is 0. The summed E-state index contributed by atoms with van der Waals surface area (Å²) in [4.78, 5) is 0. The van der Waals surface area contributed by atoms with Gasteiger partial charge in [-0.25, -0.2) is 4.39 Å². The van der Waals surface area contributed by atoms with Crippen molar-refractivity contribution in [3.8, 4) is 0 Å². The first-order chi connectivity index (χ1) is 6.33. The maximum atomic E-state index is 13.3. The van der Waals surface area contributed by atoms with Gasteiger partial charge < -0.3 is 0 Å². The number of hydrogen-bond donors (Lipinski definition) is 1. The quantitative estimate of drug-likeness (QED) is 0.799. The molecule has 2 rings (SSSR count). The fraction of sp³-hybridized carbons (Fsp3) is 0.222. The Bertz CT molecular complexity index is 424. The van der Waals surface area contributed by atoms with Crippen LogP contribution in [0.15, 0.2) is 18.3 Å². The number of nitrogens with zero attached hydrogens (tertiary/aromatic N) is 1. The molecule has 0 saturated heterocycles. The lowest BCUT2D eigenvalue weighted by Gasteiger charge is -2.01. The van der Waals surface area contributed by atoms with Crippen LogP contribution in [0, 0.1) is 5.82 Å². The molecular formula is C9H9FN2S. The first-order valence-electron chi connectivity index (χ1n) is 3.92. The summed E-state index contributed by atoms with van der Waals surface area (Å²) >= 11 is 1.61. The molecule has 1 aromatic heterocycles. The van der Waals surface area contributed by atoms with Crippen molar-refractivity contribution in [1.82, 2.24) is 10.2 Å². The van der Waals surface area contributed by atoms with E-state index in [9.17, 15) is 4.39 Å². The summed E-state index contributed by atoms with van der Waals surface area (Å²) in [5.74, 6) is 0.533. The van der Waals surface area contributed by atoms with Crippen molar-refractivity contribution in [3.63, 3.8) is 0 Å². The number of rotatable bonds is 2. The average molecular weight is 196 g/mol. The third-order valence-corrected chi connectivity index (χ3v) is 2.54. The number of aromatic amines is 1. The molecule has 2 aromatic rings. The van der Waals surface area contributed by atoms with E-state index in [-0.39, 0.29) is 5.82 Å². The molecular weight excluding hydrogens is 187 g/mol. The van der Waals surface area contributed by atoms with E-state index in [1.165, 1.54) is 6.07 Å². The Morgan fingerprint density at radius 3 is 3.15 bits per heavy atom. The van der Waals surface area contributed by atoms with E-state index < -0.39 is 0 Å². The molecule has 0 bridgehead atoms. The van der Waals surface area contributed by atoms with Crippen LogP contribution in [0.2, 0.25) is 0 Å². The van der Waals surface area contributed by atoms with Crippen LogP contribution in [0.25, 0.3) is 10.9 Å². The van der Waals surface area contributed by atoms with Crippen LogP contribution in [-0.4, -0.2) is 16.5 Å². The molecule has 0 spiro atoms. The second-order valence-corrected chi connectivity index (χ2v) is 3.66. The third kappa shape index (κ3) is 1.42. The summed E-state index contributed by atoms with van der Waals surface area (Å²) in [6.07, 6.45) is 3.63. The van der Waals surface area contributed by atoms with Crippen molar-refractivity contribution in [1.29, 1.82) is 0 Å². The zero-order valence-corrected chi connectivity index (χ0v) is 7.99. The molecule has 1 aromatic carbocycles. The van der Waals surface area contributed by atoms with E-state index in [0.717, 1.165) is 16.5 Å². The number of halogens is 1. The molecule has 13 heavy (non-hydrogen) atoms. The highest BCUT2D eigenvalue weighted by molar-refractivity contribution is 7.97. The van der Waals surface area contributed by atoms with Crippen LogP contribution in [0.4, 0.5) is 4.39 Å². The second kappa shape index (κ2) is 3.38. The van der Waals surface area contributed by atoms with Gasteiger partial charge in [0.25, 0.3) is 0 Å². The van der Waals surface area contributed by atoms with Crippen molar-refractivity contribution >= 4 is 22.7 Å². The molecule has 0 unspecified atom stereocenters. The highest BCUT2D eigenvalue weighted by Gasteiger charge is 2.07. The first kappa shape index (κ1) is 8.56.